The number of benzene rings is 1. The molecule has 1 atom stereocenters. The Hall–Kier alpha value is -1.64. The Kier molecular flexibility index (Phi) is 5.61. The lowest BCUT2D eigenvalue weighted by atomic mass is 10.2. The summed E-state index contributed by atoms with van der Waals surface area (Å²) in [5, 5.41) is 0. The first-order valence-corrected chi connectivity index (χ1v) is 10.4. The van der Waals surface area contributed by atoms with Gasteiger partial charge in [0.1, 0.15) is 0 Å². The molecule has 3 rings (SSSR count). The second kappa shape index (κ2) is 7.72. The van der Waals surface area contributed by atoms with Crippen LogP contribution in [0.25, 0.3) is 0 Å². The number of anilines is 2. The van der Waals surface area contributed by atoms with Crippen molar-refractivity contribution in [2.45, 2.75) is 25.4 Å². The van der Waals surface area contributed by atoms with Crippen molar-refractivity contribution >= 4 is 27.3 Å². The van der Waals surface area contributed by atoms with Crippen LogP contribution in [0.1, 0.15) is 19.3 Å². The summed E-state index contributed by atoms with van der Waals surface area (Å²) in [6, 6.07) is 7.14. The lowest BCUT2D eigenvalue weighted by Crippen LogP contribution is -2.36. The van der Waals surface area contributed by atoms with E-state index in [1.54, 1.807) is 23.1 Å². The van der Waals surface area contributed by atoms with Gasteiger partial charge < -0.3 is 14.4 Å². The first-order valence-electron chi connectivity index (χ1n) is 8.52. The van der Waals surface area contributed by atoms with Crippen LogP contribution in [0.2, 0.25) is 0 Å². The van der Waals surface area contributed by atoms with Crippen molar-refractivity contribution in [1.29, 1.82) is 0 Å². The van der Waals surface area contributed by atoms with E-state index in [0.717, 1.165) is 12.1 Å². The zero-order chi connectivity index (χ0) is 17.9. The van der Waals surface area contributed by atoms with Crippen LogP contribution in [0.5, 0.6) is 0 Å². The van der Waals surface area contributed by atoms with Crippen molar-refractivity contribution in [3.8, 4) is 0 Å². The summed E-state index contributed by atoms with van der Waals surface area (Å²) in [4.78, 5) is 13.7. The lowest BCUT2D eigenvalue weighted by Gasteiger charge is -2.28. The maximum atomic E-state index is 12.3. The third-order valence-corrected chi connectivity index (χ3v) is 5.64. The van der Waals surface area contributed by atoms with Crippen LogP contribution < -0.4 is 9.21 Å². The topological polar surface area (TPSA) is 76.2 Å². The van der Waals surface area contributed by atoms with Gasteiger partial charge in [-0.25, -0.2) is 8.42 Å². The van der Waals surface area contributed by atoms with Gasteiger partial charge >= 0.3 is 0 Å². The minimum absolute atomic E-state index is 0.0795. The molecular formula is C17H24N2O5S. The van der Waals surface area contributed by atoms with Crippen LogP contribution >= 0.6 is 0 Å². The van der Waals surface area contributed by atoms with Gasteiger partial charge in [-0.05, 0) is 31.0 Å². The molecule has 25 heavy (non-hydrogen) atoms. The standard InChI is InChI=1S/C17H24N2O5S/c1-25(21,22)19(9-7-16-13-23-10-11-24-16)15-5-2-4-14(12-15)18-8-3-6-17(18)20/h2,4-5,12,16H,3,6-11,13H2,1H3. The lowest BCUT2D eigenvalue weighted by molar-refractivity contribution is -0.117. The minimum Gasteiger partial charge on any atom is -0.376 e. The predicted octanol–water partition coefficient (Wildman–Crippen LogP) is 1.38. The van der Waals surface area contributed by atoms with Crippen LogP contribution in [-0.4, -0.2) is 59.6 Å². The Morgan fingerprint density at radius 2 is 2.16 bits per heavy atom. The summed E-state index contributed by atoms with van der Waals surface area (Å²) in [7, 11) is -3.44. The number of carbonyl (C=O) groups is 1. The molecule has 0 saturated carbocycles. The first-order chi connectivity index (χ1) is 11.9. The third-order valence-electron chi connectivity index (χ3n) is 4.44. The van der Waals surface area contributed by atoms with Crippen LogP contribution in [0, 0.1) is 0 Å². The van der Waals surface area contributed by atoms with Crippen molar-refractivity contribution in [3.63, 3.8) is 0 Å². The highest BCUT2D eigenvalue weighted by molar-refractivity contribution is 7.92. The van der Waals surface area contributed by atoms with Crippen molar-refractivity contribution < 1.29 is 22.7 Å². The molecule has 2 aliphatic heterocycles. The molecular weight excluding hydrogens is 344 g/mol. The summed E-state index contributed by atoms with van der Waals surface area (Å²) >= 11 is 0. The molecule has 2 fully saturated rings. The summed E-state index contributed by atoms with van der Waals surface area (Å²) in [5.74, 6) is 0.0795. The monoisotopic (exact) mass is 368 g/mol. The van der Waals surface area contributed by atoms with Gasteiger partial charge in [-0.3, -0.25) is 9.10 Å². The highest BCUT2D eigenvalue weighted by Crippen LogP contribution is 2.27. The van der Waals surface area contributed by atoms with E-state index in [4.69, 9.17) is 9.47 Å². The molecule has 1 aromatic carbocycles. The highest BCUT2D eigenvalue weighted by atomic mass is 32.2. The van der Waals surface area contributed by atoms with E-state index in [9.17, 15) is 13.2 Å². The molecule has 1 aromatic rings. The Labute approximate surface area is 148 Å². The Morgan fingerprint density at radius 1 is 1.32 bits per heavy atom. The van der Waals surface area contributed by atoms with Crippen LogP contribution in [0.3, 0.4) is 0 Å². The number of amides is 1. The summed E-state index contributed by atoms with van der Waals surface area (Å²) in [5.41, 5.74) is 1.31. The second-order valence-corrected chi connectivity index (χ2v) is 8.27. The van der Waals surface area contributed by atoms with E-state index in [0.29, 0.717) is 51.4 Å². The molecule has 1 unspecified atom stereocenters. The zero-order valence-corrected chi connectivity index (χ0v) is 15.2. The fraction of sp³-hybridized carbons (Fsp3) is 0.588. The summed E-state index contributed by atoms with van der Waals surface area (Å²) in [6.07, 6.45) is 3.02. The average Bonchev–Trinajstić information content (AvgIpc) is 3.01. The SMILES string of the molecule is CS(=O)(=O)N(CCC1COCCO1)c1cccc(N2CCCC2=O)c1. The number of nitrogens with zero attached hydrogens (tertiary/aromatic N) is 2. The largest absolute Gasteiger partial charge is 0.376 e. The normalized spacial score (nSPS) is 21.6. The molecule has 0 radical (unpaired) electrons. The van der Waals surface area contributed by atoms with Crippen LogP contribution in [-0.2, 0) is 24.3 Å². The van der Waals surface area contributed by atoms with Crippen molar-refractivity contribution in [3.05, 3.63) is 24.3 Å². The van der Waals surface area contributed by atoms with Gasteiger partial charge in [0, 0.05) is 25.2 Å². The molecule has 1 amide bonds. The van der Waals surface area contributed by atoms with E-state index in [1.165, 1.54) is 10.6 Å². The Morgan fingerprint density at radius 3 is 2.80 bits per heavy atom. The minimum atomic E-state index is -3.44. The molecule has 0 N–H and O–H groups in total. The predicted molar refractivity (Wildman–Crippen MR) is 95.4 cm³/mol. The van der Waals surface area contributed by atoms with E-state index < -0.39 is 10.0 Å². The van der Waals surface area contributed by atoms with Gasteiger partial charge in [-0.2, -0.15) is 0 Å². The average molecular weight is 368 g/mol. The fourth-order valence-electron chi connectivity index (χ4n) is 3.19. The van der Waals surface area contributed by atoms with E-state index in [-0.39, 0.29) is 12.0 Å². The molecule has 2 aliphatic rings. The molecule has 8 heteroatoms. The van der Waals surface area contributed by atoms with Gasteiger partial charge in [0.25, 0.3) is 0 Å². The molecule has 138 valence electrons. The van der Waals surface area contributed by atoms with Crippen LogP contribution in [0.4, 0.5) is 11.4 Å². The Bertz CT molecular complexity index is 716. The molecule has 7 nitrogen and oxygen atoms in total. The second-order valence-electron chi connectivity index (χ2n) is 6.36. The number of rotatable bonds is 6. The van der Waals surface area contributed by atoms with Gasteiger partial charge in [-0.1, -0.05) is 6.07 Å². The van der Waals surface area contributed by atoms with E-state index in [1.807, 2.05) is 6.07 Å². The molecule has 0 aromatic heterocycles. The van der Waals surface area contributed by atoms with E-state index in [2.05, 4.69) is 0 Å². The van der Waals surface area contributed by atoms with E-state index >= 15 is 0 Å². The smallest absolute Gasteiger partial charge is 0.232 e. The van der Waals surface area contributed by atoms with Gasteiger partial charge in [-0.15, -0.1) is 0 Å². The number of hydrogen-bond acceptors (Lipinski definition) is 5. The maximum absolute atomic E-state index is 12.3. The quantitative estimate of drug-likeness (QED) is 0.758. The number of carbonyl (C=O) groups excluding carboxylic acids is 1. The van der Waals surface area contributed by atoms with Gasteiger partial charge in [0.15, 0.2) is 0 Å². The fourth-order valence-corrected chi connectivity index (χ4v) is 4.12. The van der Waals surface area contributed by atoms with Crippen molar-refractivity contribution in [1.82, 2.24) is 0 Å². The third kappa shape index (κ3) is 4.50. The van der Waals surface area contributed by atoms with Gasteiger partial charge in [0.2, 0.25) is 15.9 Å². The highest BCUT2D eigenvalue weighted by Gasteiger charge is 2.25. The Balaban J connectivity index is 1.77. The summed E-state index contributed by atoms with van der Waals surface area (Å²) < 4.78 is 36.9. The first kappa shape index (κ1) is 18.2. The van der Waals surface area contributed by atoms with Gasteiger partial charge in [0.05, 0.1) is 37.9 Å². The zero-order valence-electron chi connectivity index (χ0n) is 14.4. The maximum Gasteiger partial charge on any atom is 0.232 e. The van der Waals surface area contributed by atoms with Crippen LogP contribution in [0.15, 0.2) is 24.3 Å². The van der Waals surface area contributed by atoms with Crippen molar-refractivity contribution in [2.75, 3.05) is 48.4 Å². The van der Waals surface area contributed by atoms with Crippen molar-refractivity contribution in [2.24, 2.45) is 0 Å². The number of sulfonamides is 1. The molecule has 2 saturated heterocycles. The molecule has 0 bridgehead atoms. The summed E-state index contributed by atoms with van der Waals surface area (Å²) in [6.45, 7) is 2.59. The molecule has 0 spiro atoms. The number of hydrogen-bond donors (Lipinski definition) is 0. The number of ether oxygens (including phenoxy) is 2. The molecule has 0 aliphatic carbocycles. The molecule has 2 heterocycles.